The van der Waals surface area contributed by atoms with Crippen molar-refractivity contribution in [2.75, 3.05) is 18.8 Å². The van der Waals surface area contributed by atoms with E-state index in [0.717, 1.165) is 18.6 Å². The number of nitrogens with one attached hydrogen (secondary N) is 1. The molecule has 0 unspecified atom stereocenters. The third-order valence-electron chi connectivity index (χ3n) is 3.34. The minimum Gasteiger partial charge on any atom is -0.352 e. The van der Waals surface area contributed by atoms with Crippen LogP contribution < -0.4 is 5.32 Å². The minimum atomic E-state index is -0.0871. The van der Waals surface area contributed by atoms with Gasteiger partial charge in [-0.15, -0.1) is 0 Å². The van der Waals surface area contributed by atoms with Crippen molar-refractivity contribution < 1.29 is 9.59 Å². The molecule has 0 radical (unpaired) electrons. The fourth-order valence-corrected chi connectivity index (χ4v) is 2.35. The monoisotopic (exact) mass is 272 g/mol. The summed E-state index contributed by atoms with van der Waals surface area (Å²) in [7, 11) is 0. The molecule has 18 heavy (non-hydrogen) atoms. The Balaban J connectivity index is 2.45. The maximum atomic E-state index is 12.1. The van der Waals surface area contributed by atoms with Gasteiger partial charge in [-0.1, -0.05) is 0 Å². The lowest BCUT2D eigenvalue weighted by molar-refractivity contribution is -0.136. The summed E-state index contributed by atoms with van der Waals surface area (Å²) in [4.78, 5) is 25.4. The zero-order chi connectivity index (χ0) is 13.8. The first-order valence-corrected chi connectivity index (χ1v) is 7.23. The molecule has 1 fully saturated rings. The number of hydrogen-bond acceptors (Lipinski definition) is 3. The molecule has 0 heterocycles. The number of amides is 2. The van der Waals surface area contributed by atoms with Gasteiger partial charge in [-0.2, -0.15) is 12.6 Å². The summed E-state index contributed by atoms with van der Waals surface area (Å²) >= 11 is 4.30. The van der Waals surface area contributed by atoms with Crippen molar-refractivity contribution in [1.82, 2.24) is 10.2 Å². The van der Waals surface area contributed by atoms with Gasteiger partial charge in [0, 0.05) is 19.0 Å². The molecule has 0 aromatic carbocycles. The number of rotatable bonds is 7. The zero-order valence-electron chi connectivity index (χ0n) is 11.5. The van der Waals surface area contributed by atoms with E-state index in [2.05, 4.69) is 17.9 Å². The Morgan fingerprint density at radius 2 is 2.00 bits per heavy atom. The van der Waals surface area contributed by atoms with Gasteiger partial charge in [-0.05, 0) is 44.8 Å². The van der Waals surface area contributed by atoms with E-state index in [1.165, 1.54) is 0 Å². The van der Waals surface area contributed by atoms with E-state index in [-0.39, 0.29) is 29.8 Å². The molecule has 0 bridgehead atoms. The first kappa shape index (κ1) is 15.3. The second kappa shape index (κ2) is 6.45. The van der Waals surface area contributed by atoms with E-state index in [1.54, 1.807) is 4.90 Å². The first-order chi connectivity index (χ1) is 8.42. The van der Waals surface area contributed by atoms with Crippen LogP contribution in [0.15, 0.2) is 0 Å². The molecule has 0 aliphatic heterocycles. The standard InChI is InChI=1S/C13H24N2O2S/c1-4-15(8-11(16)14-10(2)3)12(17)7-13(9-18)5-6-13/h10,18H,4-9H2,1-3H3,(H,14,16). The molecule has 1 aliphatic rings. The Labute approximate surface area is 115 Å². The molecule has 1 aliphatic carbocycles. The third kappa shape index (κ3) is 4.52. The van der Waals surface area contributed by atoms with Crippen LogP contribution >= 0.6 is 12.6 Å². The summed E-state index contributed by atoms with van der Waals surface area (Å²) in [5, 5.41) is 2.81. The number of hydrogen-bond donors (Lipinski definition) is 2. The maximum Gasteiger partial charge on any atom is 0.239 e. The van der Waals surface area contributed by atoms with Crippen LogP contribution in [0.25, 0.3) is 0 Å². The van der Waals surface area contributed by atoms with Crippen molar-refractivity contribution in [3.8, 4) is 0 Å². The molecule has 5 heteroatoms. The lowest BCUT2D eigenvalue weighted by atomic mass is 10.0. The van der Waals surface area contributed by atoms with Gasteiger partial charge >= 0.3 is 0 Å². The Hall–Kier alpha value is -0.710. The summed E-state index contributed by atoms with van der Waals surface area (Å²) in [6, 6.07) is 0.110. The van der Waals surface area contributed by atoms with Gasteiger partial charge in [0.2, 0.25) is 11.8 Å². The zero-order valence-corrected chi connectivity index (χ0v) is 12.4. The smallest absolute Gasteiger partial charge is 0.239 e. The van der Waals surface area contributed by atoms with Crippen LogP contribution in [0.2, 0.25) is 0 Å². The van der Waals surface area contributed by atoms with Crippen LogP contribution in [0.3, 0.4) is 0 Å². The fraction of sp³-hybridized carbons (Fsp3) is 0.846. The van der Waals surface area contributed by atoms with Gasteiger partial charge in [0.15, 0.2) is 0 Å². The van der Waals surface area contributed by atoms with Crippen molar-refractivity contribution in [2.45, 2.75) is 46.1 Å². The summed E-state index contributed by atoms with van der Waals surface area (Å²) in [6.45, 7) is 6.47. The third-order valence-corrected chi connectivity index (χ3v) is 4.01. The van der Waals surface area contributed by atoms with Crippen LogP contribution in [0.1, 0.15) is 40.0 Å². The molecule has 1 N–H and O–H groups in total. The van der Waals surface area contributed by atoms with Gasteiger partial charge < -0.3 is 10.2 Å². The van der Waals surface area contributed by atoms with Crippen molar-refractivity contribution in [3.05, 3.63) is 0 Å². The van der Waals surface area contributed by atoms with Gasteiger partial charge in [0.25, 0.3) is 0 Å². The molecule has 4 nitrogen and oxygen atoms in total. The molecule has 0 saturated heterocycles. The van der Waals surface area contributed by atoms with Gasteiger partial charge in [0.05, 0.1) is 6.54 Å². The van der Waals surface area contributed by atoms with Crippen molar-refractivity contribution in [1.29, 1.82) is 0 Å². The molecule has 0 atom stereocenters. The molecule has 1 rings (SSSR count). The summed E-state index contributed by atoms with van der Waals surface area (Å²) in [5.41, 5.74) is 0.113. The molecular formula is C13H24N2O2S. The highest BCUT2D eigenvalue weighted by atomic mass is 32.1. The van der Waals surface area contributed by atoms with Gasteiger partial charge in [-0.3, -0.25) is 9.59 Å². The number of thiol groups is 1. The van der Waals surface area contributed by atoms with Crippen LogP contribution in [0, 0.1) is 5.41 Å². The molecule has 1 saturated carbocycles. The predicted molar refractivity (Wildman–Crippen MR) is 75.7 cm³/mol. The average molecular weight is 272 g/mol. The summed E-state index contributed by atoms with van der Waals surface area (Å²) in [5.74, 6) is 0.743. The van der Waals surface area contributed by atoms with Crippen LogP contribution in [0.5, 0.6) is 0 Å². The van der Waals surface area contributed by atoms with E-state index in [4.69, 9.17) is 0 Å². The Morgan fingerprint density at radius 3 is 2.39 bits per heavy atom. The number of carbonyl (C=O) groups is 2. The van der Waals surface area contributed by atoms with E-state index in [0.29, 0.717) is 13.0 Å². The van der Waals surface area contributed by atoms with Crippen molar-refractivity contribution in [2.24, 2.45) is 5.41 Å². The molecule has 104 valence electrons. The molecule has 0 spiro atoms. The normalized spacial score (nSPS) is 16.5. The van der Waals surface area contributed by atoms with Gasteiger partial charge in [0.1, 0.15) is 0 Å². The highest BCUT2D eigenvalue weighted by Crippen LogP contribution is 2.49. The molecule has 0 aromatic heterocycles. The van der Waals surface area contributed by atoms with E-state index < -0.39 is 0 Å². The molecule has 2 amide bonds. The highest BCUT2D eigenvalue weighted by molar-refractivity contribution is 7.80. The lowest BCUT2D eigenvalue weighted by Crippen LogP contribution is -2.43. The second-order valence-electron chi connectivity index (χ2n) is 5.47. The van der Waals surface area contributed by atoms with E-state index in [1.807, 2.05) is 20.8 Å². The SMILES string of the molecule is CCN(CC(=O)NC(C)C)C(=O)CC1(CS)CC1. The lowest BCUT2D eigenvalue weighted by Gasteiger charge is -2.23. The summed E-state index contributed by atoms with van der Waals surface area (Å²) in [6.07, 6.45) is 2.69. The topological polar surface area (TPSA) is 49.4 Å². The van der Waals surface area contributed by atoms with Crippen molar-refractivity contribution in [3.63, 3.8) is 0 Å². The predicted octanol–water partition coefficient (Wildman–Crippen LogP) is 1.46. The quantitative estimate of drug-likeness (QED) is 0.689. The van der Waals surface area contributed by atoms with Gasteiger partial charge in [-0.25, -0.2) is 0 Å². The maximum absolute atomic E-state index is 12.1. The molecular weight excluding hydrogens is 248 g/mol. The number of carbonyl (C=O) groups excluding carboxylic acids is 2. The van der Waals surface area contributed by atoms with E-state index >= 15 is 0 Å². The van der Waals surface area contributed by atoms with Crippen molar-refractivity contribution >= 4 is 24.4 Å². The minimum absolute atomic E-state index is 0.0722. The highest BCUT2D eigenvalue weighted by Gasteiger charge is 2.43. The largest absolute Gasteiger partial charge is 0.352 e. The number of nitrogens with zero attached hydrogens (tertiary/aromatic N) is 1. The molecule has 0 aromatic rings. The first-order valence-electron chi connectivity index (χ1n) is 6.60. The Kier molecular flexibility index (Phi) is 5.50. The van der Waals surface area contributed by atoms with E-state index in [9.17, 15) is 9.59 Å². The summed E-state index contributed by atoms with van der Waals surface area (Å²) < 4.78 is 0. The van der Waals surface area contributed by atoms with Crippen LogP contribution in [0.4, 0.5) is 0 Å². The second-order valence-corrected chi connectivity index (χ2v) is 5.78. The average Bonchev–Trinajstić information content (AvgIpc) is 3.05. The fourth-order valence-electron chi connectivity index (χ4n) is 1.92. The number of likely N-dealkylation sites (N-methyl/N-ethyl adjacent to an activating group) is 1. The Morgan fingerprint density at radius 1 is 1.39 bits per heavy atom. The Bertz CT molecular complexity index is 314. The van der Waals surface area contributed by atoms with Crippen LogP contribution in [-0.4, -0.2) is 41.6 Å². The van der Waals surface area contributed by atoms with Crippen LogP contribution in [-0.2, 0) is 9.59 Å².